The van der Waals surface area contributed by atoms with E-state index in [2.05, 4.69) is 0 Å². The van der Waals surface area contributed by atoms with Gasteiger partial charge in [0.15, 0.2) is 0 Å². The summed E-state index contributed by atoms with van der Waals surface area (Å²) in [6.45, 7) is 5.83. The molecule has 2 N–H and O–H groups in total. The van der Waals surface area contributed by atoms with Crippen molar-refractivity contribution < 1.29 is 9.13 Å². The molecule has 1 heterocycles. The molecule has 2 nitrogen and oxygen atoms in total. The molecule has 19 heavy (non-hydrogen) atoms. The first-order valence-corrected chi connectivity index (χ1v) is 7.03. The number of rotatable bonds is 4. The van der Waals surface area contributed by atoms with Gasteiger partial charge in [-0.15, -0.1) is 11.3 Å². The number of ether oxygens (including phenoxy) is 1. The van der Waals surface area contributed by atoms with Gasteiger partial charge >= 0.3 is 0 Å². The van der Waals surface area contributed by atoms with E-state index in [-0.39, 0.29) is 18.0 Å². The highest BCUT2D eigenvalue weighted by Crippen LogP contribution is 2.31. The van der Waals surface area contributed by atoms with Gasteiger partial charge in [-0.25, -0.2) is 4.39 Å². The van der Waals surface area contributed by atoms with E-state index in [4.69, 9.17) is 10.5 Å². The molecule has 4 heteroatoms. The Labute approximate surface area is 117 Å². The molecule has 102 valence electrons. The Hall–Kier alpha value is -1.39. The summed E-state index contributed by atoms with van der Waals surface area (Å²) < 4.78 is 19.2. The third kappa shape index (κ3) is 3.33. The predicted molar refractivity (Wildman–Crippen MR) is 77.2 cm³/mol. The van der Waals surface area contributed by atoms with Crippen molar-refractivity contribution in [2.24, 2.45) is 5.73 Å². The molecule has 0 saturated carbocycles. The standard InChI is InChI=1S/C15H18FNOS/c1-9-4-6-12(16)8-13(9)18-15(11(3)17)14-7-5-10(2)19-14/h4-8,11,15H,17H2,1-3H3. The molecule has 0 bridgehead atoms. The minimum atomic E-state index is -0.300. The van der Waals surface area contributed by atoms with Crippen LogP contribution < -0.4 is 10.5 Å². The maximum atomic E-state index is 13.3. The van der Waals surface area contributed by atoms with Crippen molar-refractivity contribution in [3.8, 4) is 5.75 Å². The number of aryl methyl sites for hydroxylation is 2. The Morgan fingerprint density at radius 3 is 2.53 bits per heavy atom. The first-order valence-electron chi connectivity index (χ1n) is 6.22. The van der Waals surface area contributed by atoms with E-state index in [1.807, 2.05) is 32.9 Å². The fraction of sp³-hybridized carbons (Fsp3) is 0.333. The van der Waals surface area contributed by atoms with Crippen LogP contribution in [0.5, 0.6) is 5.75 Å². The molecule has 0 radical (unpaired) electrons. The van der Waals surface area contributed by atoms with Crippen LogP contribution in [0.2, 0.25) is 0 Å². The predicted octanol–water partition coefficient (Wildman–Crippen LogP) is 3.97. The Kier molecular flexibility index (Phi) is 4.22. The Morgan fingerprint density at radius 2 is 1.95 bits per heavy atom. The van der Waals surface area contributed by atoms with Gasteiger partial charge in [0.1, 0.15) is 17.7 Å². The van der Waals surface area contributed by atoms with E-state index >= 15 is 0 Å². The average molecular weight is 279 g/mol. The number of hydrogen-bond donors (Lipinski definition) is 1. The van der Waals surface area contributed by atoms with Crippen LogP contribution in [0, 0.1) is 19.7 Å². The maximum Gasteiger partial charge on any atom is 0.148 e. The highest BCUT2D eigenvalue weighted by molar-refractivity contribution is 7.12. The minimum absolute atomic E-state index is 0.166. The fourth-order valence-corrected chi connectivity index (χ4v) is 2.89. The number of thiophene rings is 1. The summed E-state index contributed by atoms with van der Waals surface area (Å²) in [4.78, 5) is 2.27. The van der Waals surface area contributed by atoms with Crippen LogP contribution in [0.4, 0.5) is 4.39 Å². The van der Waals surface area contributed by atoms with Gasteiger partial charge in [-0.05, 0) is 44.5 Å². The van der Waals surface area contributed by atoms with Crippen LogP contribution in [-0.2, 0) is 0 Å². The van der Waals surface area contributed by atoms with Crippen LogP contribution >= 0.6 is 11.3 Å². The second-order valence-corrected chi connectivity index (χ2v) is 6.08. The molecule has 0 amide bonds. The summed E-state index contributed by atoms with van der Waals surface area (Å²) in [6.07, 6.45) is -0.251. The molecule has 2 unspecified atom stereocenters. The van der Waals surface area contributed by atoms with Crippen molar-refractivity contribution >= 4 is 11.3 Å². The average Bonchev–Trinajstić information content (AvgIpc) is 2.76. The molecular weight excluding hydrogens is 261 g/mol. The highest BCUT2D eigenvalue weighted by Gasteiger charge is 2.21. The lowest BCUT2D eigenvalue weighted by Gasteiger charge is -2.22. The summed E-state index contributed by atoms with van der Waals surface area (Å²) >= 11 is 1.65. The van der Waals surface area contributed by atoms with Crippen molar-refractivity contribution in [2.45, 2.75) is 32.9 Å². The molecule has 0 fully saturated rings. The molecule has 0 saturated heterocycles. The van der Waals surface area contributed by atoms with Gasteiger partial charge in [0.25, 0.3) is 0 Å². The van der Waals surface area contributed by atoms with Crippen LogP contribution in [0.1, 0.15) is 28.3 Å². The molecule has 2 rings (SSSR count). The van der Waals surface area contributed by atoms with Gasteiger partial charge in [0.2, 0.25) is 0 Å². The molecule has 0 aliphatic carbocycles. The van der Waals surface area contributed by atoms with Gasteiger partial charge in [-0.3, -0.25) is 0 Å². The Balaban J connectivity index is 2.29. The third-order valence-electron chi connectivity index (χ3n) is 2.92. The van der Waals surface area contributed by atoms with Gasteiger partial charge < -0.3 is 10.5 Å². The zero-order valence-corrected chi connectivity index (χ0v) is 12.1. The SMILES string of the molecule is Cc1ccc(C(Oc2cc(F)ccc2C)C(C)N)s1. The van der Waals surface area contributed by atoms with E-state index in [9.17, 15) is 4.39 Å². The number of halogens is 1. The fourth-order valence-electron chi connectivity index (χ4n) is 1.87. The minimum Gasteiger partial charge on any atom is -0.483 e. The molecule has 0 aliphatic heterocycles. The molecule has 1 aromatic carbocycles. The highest BCUT2D eigenvalue weighted by atomic mass is 32.1. The summed E-state index contributed by atoms with van der Waals surface area (Å²) in [5, 5.41) is 0. The van der Waals surface area contributed by atoms with E-state index in [0.717, 1.165) is 10.4 Å². The van der Waals surface area contributed by atoms with Crippen molar-refractivity contribution in [3.05, 3.63) is 51.5 Å². The normalized spacial score (nSPS) is 14.2. The summed E-state index contributed by atoms with van der Waals surface area (Å²) in [5.74, 6) is 0.250. The topological polar surface area (TPSA) is 35.2 Å². The third-order valence-corrected chi connectivity index (χ3v) is 3.99. The molecule has 1 aromatic heterocycles. The molecule has 2 aromatic rings. The number of hydrogen-bond acceptors (Lipinski definition) is 3. The van der Waals surface area contributed by atoms with E-state index in [1.54, 1.807) is 17.4 Å². The lowest BCUT2D eigenvalue weighted by atomic mass is 10.1. The van der Waals surface area contributed by atoms with E-state index < -0.39 is 0 Å². The zero-order chi connectivity index (χ0) is 14.0. The Morgan fingerprint density at radius 1 is 1.21 bits per heavy atom. The van der Waals surface area contributed by atoms with Gasteiger partial charge in [0, 0.05) is 21.9 Å². The second-order valence-electron chi connectivity index (χ2n) is 4.76. The smallest absolute Gasteiger partial charge is 0.148 e. The summed E-state index contributed by atoms with van der Waals surface area (Å²) in [7, 11) is 0. The van der Waals surface area contributed by atoms with Crippen molar-refractivity contribution in [1.29, 1.82) is 0 Å². The quantitative estimate of drug-likeness (QED) is 0.919. The molecule has 2 atom stereocenters. The number of benzene rings is 1. The Bertz CT molecular complexity index is 565. The number of nitrogens with two attached hydrogens (primary N) is 1. The van der Waals surface area contributed by atoms with E-state index in [0.29, 0.717) is 5.75 Å². The van der Waals surface area contributed by atoms with Crippen LogP contribution in [0.15, 0.2) is 30.3 Å². The van der Waals surface area contributed by atoms with Crippen LogP contribution in [0.25, 0.3) is 0 Å². The monoisotopic (exact) mass is 279 g/mol. The lowest BCUT2D eigenvalue weighted by Crippen LogP contribution is -2.28. The zero-order valence-electron chi connectivity index (χ0n) is 11.3. The van der Waals surface area contributed by atoms with Crippen molar-refractivity contribution in [2.75, 3.05) is 0 Å². The molecular formula is C15H18FNOS. The first-order chi connectivity index (χ1) is 8.97. The maximum absolute atomic E-state index is 13.3. The van der Waals surface area contributed by atoms with Crippen LogP contribution in [0.3, 0.4) is 0 Å². The van der Waals surface area contributed by atoms with E-state index in [1.165, 1.54) is 17.0 Å². The lowest BCUT2D eigenvalue weighted by molar-refractivity contribution is 0.182. The summed E-state index contributed by atoms with van der Waals surface area (Å²) in [5.41, 5.74) is 6.90. The van der Waals surface area contributed by atoms with Gasteiger partial charge in [0.05, 0.1) is 0 Å². The molecule has 0 aliphatic rings. The second kappa shape index (κ2) is 5.72. The van der Waals surface area contributed by atoms with Crippen molar-refractivity contribution in [1.82, 2.24) is 0 Å². The van der Waals surface area contributed by atoms with Gasteiger partial charge in [-0.1, -0.05) is 6.07 Å². The molecule has 0 spiro atoms. The first kappa shape index (κ1) is 14.0. The largest absolute Gasteiger partial charge is 0.483 e. The summed E-state index contributed by atoms with van der Waals surface area (Å²) in [6, 6.07) is 8.44. The van der Waals surface area contributed by atoms with Crippen LogP contribution in [-0.4, -0.2) is 6.04 Å². The van der Waals surface area contributed by atoms with Crippen molar-refractivity contribution in [3.63, 3.8) is 0 Å². The van der Waals surface area contributed by atoms with Gasteiger partial charge in [-0.2, -0.15) is 0 Å².